The van der Waals surface area contributed by atoms with Crippen molar-refractivity contribution in [1.29, 1.82) is 0 Å². The van der Waals surface area contributed by atoms with Crippen LogP contribution >= 0.6 is 0 Å². The summed E-state index contributed by atoms with van der Waals surface area (Å²) in [6.45, 7) is 2.26. The van der Waals surface area contributed by atoms with Gasteiger partial charge in [-0.1, -0.05) is 76.2 Å². The van der Waals surface area contributed by atoms with Crippen molar-refractivity contribution in [1.82, 2.24) is 0 Å². The van der Waals surface area contributed by atoms with Crippen molar-refractivity contribution in [3.8, 4) is 0 Å². The number of carbonyl (C=O) groups excluding carboxylic acids is 1. The molecule has 0 aliphatic rings. The molecule has 0 bridgehead atoms. The molecule has 2 nitrogen and oxygen atoms in total. The molecule has 0 rings (SSSR count). The summed E-state index contributed by atoms with van der Waals surface area (Å²) in [5, 5.41) is 10.2. The summed E-state index contributed by atoms with van der Waals surface area (Å²) in [5.74, 6) is -0.923. The fourth-order valence-corrected chi connectivity index (χ4v) is 2.43. The Morgan fingerprint density at radius 1 is 0.739 bits per heavy atom. The predicted octanol–water partition coefficient (Wildman–Crippen LogP) is 2.33. The molecule has 0 saturated heterocycles. The van der Waals surface area contributed by atoms with Gasteiger partial charge in [-0.15, -0.1) is 0 Å². The summed E-state index contributed by atoms with van der Waals surface area (Å²) in [6.07, 6.45) is 24.9. The van der Waals surface area contributed by atoms with Gasteiger partial charge >= 0.3 is 29.6 Å². The Morgan fingerprint density at radius 2 is 1.22 bits per heavy atom. The summed E-state index contributed by atoms with van der Waals surface area (Å²) in [5.41, 5.74) is 0. The number of rotatable bonds is 16. The Morgan fingerprint density at radius 3 is 1.74 bits per heavy atom. The van der Waals surface area contributed by atoms with E-state index < -0.39 is 5.97 Å². The molecule has 23 heavy (non-hydrogen) atoms. The van der Waals surface area contributed by atoms with Gasteiger partial charge in [-0.2, -0.15) is 0 Å². The summed E-state index contributed by atoms with van der Waals surface area (Å²) in [7, 11) is 0. The molecule has 0 unspecified atom stereocenters. The molecule has 0 heterocycles. The molecule has 0 amide bonds. The number of unbranched alkanes of at least 4 members (excludes halogenated alkanes) is 10. The minimum atomic E-state index is -0.923. The maximum Gasteiger partial charge on any atom is 1.00 e. The Labute approximate surface area is 166 Å². The molecule has 0 aliphatic heterocycles. The average Bonchev–Trinajstić information content (AvgIpc) is 2.50. The number of allylic oxidation sites excluding steroid dienone is 4. The van der Waals surface area contributed by atoms with Gasteiger partial charge in [-0.25, -0.2) is 0 Å². The summed E-state index contributed by atoms with van der Waals surface area (Å²) in [6, 6.07) is 0. The number of hydrogen-bond acceptors (Lipinski definition) is 2. The van der Waals surface area contributed by atoms with Crippen LogP contribution in [0.1, 0.15) is 96.8 Å². The standard InChI is InChI=1S/C20H36O2.Na/c1-2-3-4-5-6-7-8-9-10-11-12-13-14-15-16-17-18-19-20(21)22;/h9-10,12-13H,2-8,11,14-19H2,1H3,(H,21,22);/q;+1/p-1. The smallest absolute Gasteiger partial charge is 0.550 e. The van der Waals surface area contributed by atoms with Crippen LogP contribution in [0.4, 0.5) is 0 Å². The van der Waals surface area contributed by atoms with Gasteiger partial charge in [-0.3, -0.25) is 0 Å². The van der Waals surface area contributed by atoms with Gasteiger partial charge in [0.05, 0.1) is 0 Å². The Balaban J connectivity index is 0. The van der Waals surface area contributed by atoms with E-state index in [1.165, 1.54) is 44.9 Å². The molecule has 0 aromatic heterocycles. The summed E-state index contributed by atoms with van der Waals surface area (Å²) < 4.78 is 0. The van der Waals surface area contributed by atoms with Crippen LogP contribution in [0.15, 0.2) is 24.3 Å². The molecule has 0 aliphatic carbocycles. The first-order chi connectivity index (χ1) is 10.8. The molecule has 0 N–H and O–H groups in total. The molecule has 0 radical (unpaired) electrons. The molecule has 0 aromatic rings. The van der Waals surface area contributed by atoms with Gasteiger partial charge in [-0.05, 0) is 44.9 Å². The largest absolute Gasteiger partial charge is 1.00 e. The molecule has 0 spiro atoms. The molecule has 0 saturated carbocycles. The van der Waals surface area contributed by atoms with Gasteiger partial charge in [0.2, 0.25) is 0 Å². The van der Waals surface area contributed by atoms with Crippen LogP contribution in [0, 0.1) is 0 Å². The van der Waals surface area contributed by atoms with Gasteiger partial charge in [0.15, 0.2) is 0 Å². The molecular weight excluding hydrogens is 295 g/mol. The van der Waals surface area contributed by atoms with Gasteiger partial charge in [0.1, 0.15) is 0 Å². The number of hydrogen-bond donors (Lipinski definition) is 0. The minimum Gasteiger partial charge on any atom is -0.550 e. The zero-order valence-electron chi connectivity index (χ0n) is 15.5. The molecule has 0 fully saturated rings. The number of carboxylic acids is 1. The SMILES string of the molecule is CCCCCCCCC=CCC=CCCCCCCC(=O)[O-].[Na+]. The fourth-order valence-electron chi connectivity index (χ4n) is 2.43. The molecule has 3 heteroatoms. The van der Waals surface area contributed by atoms with E-state index in [-0.39, 0.29) is 36.0 Å². The van der Waals surface area contributed by atoms with E-state index in [1.807, 2.05) is 0 Å². The van der Waals surface area contributed by atoms with E-state index in [2.05, 4.69) is 31.2 Å². The van der Waals surface area contributed by atoms with Crippen molar-refractivity contribution in [3.63, 3.8) is 0 Å². The van der Waals surface area contributed by atoms with Crippen LogP contribution in [-0.4, -0.2) is 5.97 Å². The third-order valence-electron chi connectivity index (χ3n) is 3.83. The van der Waals surface area contributed by atoms with Crippen molar-refractivity contribution >= 4 is 5.97 Å². The third kappa shape index (κ3) is 24.3. The normalized spacial score (nSPS) is 11.2. The Bertz CT molecular complexity index is 298. The van der Waals surface area contributed by atoms with Crippen molar-refractivity contribution < 1.29 is 39.5 Å². The fraction of sp³-hybridized carbons (Fsp3) is 0.750. The third-order valence-corrected chi connectivity index (χ3v) is 3.83. The van der Waals surface area contributed by atoms with E-state index in [0.717, 1.165) is 38.5 Å². The van der Waals surface area contributed by atoms with E-state index in [0.29, 0.717) is 0 Å². The second-order valence-electron chi connectivity index (χ2n) is 6.06. The van der Waals surface area contributed by atoms with Gasteiger partial charge in [0, 0.05) is 5.97 Å². The van der Waals surface area contributed by atoms with Crippen LogP contribution in [0.5, 0.6) is 0 Å². The first kappa shape index (κ1) is 25.2. The molecule has 0 atom stereocenters. The second kappa shape index (κ2) is 21.9. The van der Waals surface area contributed by atoms with Gasteiger partial charge in [0.25, 0.3) is 0 Å². The van der Waals surface area contributed by atoms with E-state index in [9.17, 15) is 9.90 Å². The number of carbonyl (C=O) groups is 1. The van der Waals surface area contributed by atoms with Crippen LogP contribution < -0.4 is 34.7 Å². The molecule has 128 valence electrons. The quantitative estimate of drug-likeness (QED) is 0.248. The van der Waals surface area contributed by atoms with Crippen LogP contribution in [0.25, 0.3) is 0 Å². The predicted molar refractivity (Wildman–Crippen MR) is 93.6 cm³/mol. The van der Waals surface area contributed by atoms with E-state index in [1.54, 1.807) is 0 Å². The number of aliphatic carboxylic acids is 1. The Hall–Kier alpha value is -0.0500. The van der Waals surface area contributed by atoms with Gasteiger partial charge < -0.3 is 9.90 Å². The zero-order valence-corrected chi connectivity index (χ0v) is 17.5. The second-order valence-corrected chi connectivity index (χ2v) is 6.06. The monoisotopic (exact) mass is 330 g/mol. The van der Waals surface area contributed by atoms with Crippen molar-refractivity contribution in [2.45, 2.75) is 96.8 Å². The zero-order chi connectivity index (χ0) is 16.3. The first-order valence-electron chi connectivity index (χ1n) is 9.27. The minimum absolute atomic E-state index is 0. The van der Waals surface area contributed by atoms with Crippen molar-refractivity contribution in [3.05, 3.63) is 24.3 Å². The van der Waals surface area contributed by atoms with Crippen molar-refractivity contribution in [2.75, 3.05) is 0 Å². The number of carboxylic acid groups (broad SMARTS) is 1. The topological polar surface area (TPSA) is 40.1 Å². The van der Waals surface area contributed by atoms with Crippen molar-refractivity contribution in [2.24, 2.45) is 0 Å². The van der Waals surface area contributed by atoms with Crippen LogP contribution in [0.2, 0.25) is 0 Å². The molecular formula is C20H35NaO2. The van der Waals surface area contributed by atoms with E-state index in [4.69, 9.17) is 0 Å². The maximum absolute atomic E-state index is 10.2. The van der Waals surface area contributed by atoms with Crippen LogP contribution in [0.3, 0.4) is 0 Å². The Kier molecular flexibility index (Phi) is 24.0. The first-order valence-corrected chi connectivity index (χ1v) is 9.27. The maximum atomic E-state index is 10.2. The van der Waals surface area contributed by atoms with E-state index >= 15 is 0 Å². The summed E-state index contributed by atoms with van der Waals surface area (Å²) >= 11 is 0. The summed E-state index contributed by atoms with van der Waals surface area (Å²) in [4.78, 5) is 10.2. The van der Waals surface area contributed by atoms with Crippen LogP contribution in [-0.2, 0) is 4.79 Å². The average molecular weight is 330 g/mol. The molecule has 0 aromatic carbocycles.